The van der Waals surface area contributed by atoms with Crippen molar-refractivity contribution in [2.75, 3.05) is 0 Å². The molecule has 8 rings (SSSR count). The normalized spacial score (nSPS) is 11.0. The SMILES string of the molecule is N#Cc1ccnc(-c2ccc(-c3c4ccccc4c(-c4ccc(-c5cc(C#N)ccn5)nc4)c4cc5ccccc5cc34)cn2)c1. The van der Waals surface area contributed by atoms with Crippen molar-refractivity contribution in [3.8, 4) is 57.2 Å². The fourth-order valence-corrected chi connectivity index (χ4v) is 6.15. The minimum absolute atomic E-state index is 0.546. The molecule has 0 amide bonds. The third kappa shape index (κ3) is 4.59. The maximum absolute atomic E-state index is 9.35. The lowest BCUT2D eigenvalue weighted by Gasteiger charge is -2.18. The van der Waals surface area contributed by atoms with Crippen LogP contribution in [0.4, 0.5) is 0 Å². The van der Waals surface area contributed by atoms with E-state index in [1.54, 1.807) is 36.7 Å². The highest BCUT2D eigenvalue weighted by Crippen LogP contribution is 2.45. The molecule has 212 valence electrons. The van der Waals surface area contributed by atoms with Crippen LogP contribution in [0, 0.1) is 22.7 Å². The van der Waals surface area contributed by atoms with Gasteiger partial charge in [0, 0.05) is 35.9 Å². The molecule has 4 aromatic carbocycles. The van der Waals surface area contributed by atoms with Crippen LogP contribution in [0.3, 0.4) is 0 Å². The molecule has 0 spiro atoms. The fourth-order valence-electron chi connectivity index (χ4n) is 6.15. The van der Waals surface area contributed by atoms with Crippen LogP contribution >= 0.6 is 0 Å². The van der Waals surface area contributed by atoms with E-state index in [0.29, 0.717) is 33.9 Å². The lowest BCUT2D eigenvalue weighted by molar-refractivity contribution is 1.24. The quantitative estimate of drug-likeness (QED) is 0.191. The van der Waals surface area contributed by atoms with E-state index >= 15 is 0 Å². The Kier molecular flexibility index (Phi) is 6.45. The predicted octanol–water partition coefficient (Wildman–Crippen LogP) is 9.14. The third-order valence-corrected chi connectivity index (χ3v) is 8.30. The lowest BCUT2D eigenvalue weighted by Crippen LogP contribution is -1.94. The lowest BCUT2D eigenvalue weighted by atomic mass is 9.85. The molecule has 0 saturated heterocycles. The summed E-state index contributed by atoms with van der Waals surface area (Å²) in [5.41, 5.74) is 7.99. The highest BCUT2D eigenvalue weighted by Gasteiger charge is 2.18. The number of hydrogen-bond acceptors (Lipinski definition) is 6. The summed E-state index contributed by atoms with van der Waals surface area (Å²) in [7, 11) is 0. The summed E-state index contributed by atoms with van der Waals surface area (Å²) in [5.74, 6) is 0. The van der Waals surface area contributed by atoms with E-state index in [9.17, 15) is 10.5 Å². The van der Waals surface area contributed by atoms with Gasteiger partial charge in [-0.05, 0) is 92.0 Å². The topological polar surface area (TPSA) is 99.1 Å². The van der Waals surface area contributed by atoms with Crippen LogP contribution in [-0.2, 0) is 0 Å². The van der Waals surface area contributed by atoms with E-state index in [-0.39, 0.29) is 0 Å². The van der Waals surface area contributed by atoms with Gasteiger partial charge in [-0.25, -0.2) is 0 Å². The smallest absolute Gasteiger partial charge is 0.0992 e. The van der Waals surface area contributed by atoms with Crippen molar-refractivity contribution in [3.05, 3.63) is 145 Å². The third-order valence-electron chi connectivity index (χ3n) is 8.30. The van der Waals surface area contributed by atoms with Crippen molar-refractivity contribution >= 4 is 32.3 Å². The van der Waals surface area contributed by atoms with Gasteiger partial charge in [0.05, 0.1) is 46.0 Å². The number of nitrogens with zero attached hydrogens (tertiary/aromatic N) is 6. The fraction of sp³-hybridized carbons (Fsp3) is 0. The van der Waals surface area contributed by atoms with Gasteiger partial charge in [-0.1, -0.05) is 60.7 Å². The molecule has 46 heavy (non-hydrogen) atoms. The van der Waals surface area contributed by atoms with Gasteiger partial charge in [-0.15, -0.1) is 0 Å². The molecular weight excluding hydrogens is 564 g/mol. The average Bonchev–Trinajstić information content (AvgIpc) is 3.13. The van der Waals surface area contributed by atoms with E-state index in [4.69, 9.17) is 9.97 Å². The summed E-state index contributed by atoms with van der Waals surface area (Å²) in [6.07, 6.45) is 7.06. The van der Waals surface area contributed by atoms with Crippen molar-refractivity contribution in [1.82, 2.24) is 19.9 Å². The van der Waals surface area contributed by atoms with Crippen molar-refractivity contribution in [1.29, 1.82) is 10.5 Å². The molecule has 0 N–H and O–H groups in total. The largest absolute Gasteiger partial charge is 0.255 e. The van der Waals surface area contributed by atoms with Gasteiger partial charge >= 0.3 is 0 Å². The van der Waals surface area contributed by atoms with Gasteiger partial charge in [0.1, 0.15) is 0 Å². The summed E-state index contributed by atoms with van der Waals surface area (Å²) in [4.78, 5) is 18.5. The van der Waals surface area contributed by atoms with E-state index in [2.05, 4.69) is 94.9 Å². The Hall–Kier alpha value is -6.76. The van der Waals surface area contributed by atoms with Gasteiger partial charge in [-0.2, -0.15) is 10.5 Å². The van der Waals surface area contributed by atoms with Crippen molar-refractivity contribution < 1.29 is 0 Å². The first-order chi connectivity index (χ1) is 22.7. The molecule has 0 saturated carbocycles. The number of nitriles is 2. The molecular formula is C40H22N6. The second-order valence-corrected chi connectivity index (χ2v) is 11.0. The Morgan fingerprint density at radius 2 is 0.870 bits per heavy atom. The van der Waals surface area contributed by atoms with Crippen LogP contribution in [-0.4, -0.2) is 19.9 Å². The molecule has 0 atom stereocenters. The summed E-state index contributed by atoms with van der Waals surface area (Å²) < 4.78 is 0. The molecule has 0 radical (unpaired) electrons. The van der Waals surface area contributed by atoms with Gasteiger partial charge in [-0.3, -0.25) is 19.9 Å². The Morgan fingerprint density at radius 1 is 0.413 bits per heavy atom. The van der Waals surface area contributed by atoms with Gasteiger partial charge in [0.25, 0.3) is 0 Å². The Bertz CT molecular complexity index is 2360. The van der Waals surface area contributed by atoms with E-state index < -0.39 is 0 Å². The van der Waals surface area contributed by atoms with Crippen LogP contribution in [0.5, 0.6) is 0 Å². The van der Waals surface area contributed by atoms with Crippen LogP contribution in [0.2, 0.25) is 0 Å². The molecule has 6 nitrogen and oxygen atoms in total. The van der Waals surface area contributed by atoms with Crippen molar-refractivity contribution in [3.63, 3.8) is 0 Å². The maximum Gasteiger partial charge on any atom is 0.0992 e. The highest BCUT2D eigenvalue weighted by atomic mass is 14.8. The molecule has 4 aromatic heterocycles. The van der Waals surface area contributed by atoms with Crippen LogP contribution < -0.4 is 0 Å². The van der Waals surface area contributed by atoms with Gasteiger partial charge in [0.2, 0.25) is 0 Å². The number of rotatable bonds is 4. The summed E-state index contributed by atoms with van der Waals surface area (Å²) >= 11 is 0. The standard InChI is InChI=1S/C40H22N6/c41-21-25-13-15-43-37(17-25)35-11-9-29(23-45-35)39-31-7-3-4-8-32(31)40(34-20-28-6-2-1-5-27(28)19-33(34)39)30-10-12-36(46-24-30)38-18-26(22-42)14-16-44-38/h1-20,23-24H. The first kappa shape index (κ1) is 26.8. The monoisotopic (exact) mass is 586 g/mol. The maximum atomic E-state index is 9.35. The van der Waals surface area contributed by atoms with Gasteiger partial charge < -0.3 is 0 Å². The number of hydrogen-bond donors (Lipinski definition) is 0. The molecule has 4 heterocycles. The minimum Gasteiger partial charge on any atom is -0.255 e. The summed E-state index contributed by atoms with van der Waals surface area (Å²) in [5, 5.41) is 25.4. The number of benzene rings is 4. The Morgan fingerprint density at radius 3 is 1.28 bits per heavy atom. The van der Waals surface area contributed by atoms with Gasteiger partial charge in [0.15, 0.2) is 0 Å². The molecule has 0 aliphatic carbocycles. The van der Waals surface area contributed by atoms with Crippen LogP contribution in [0.1, 0.15) is 11.1 Å². The molecule has 0 aliphatic rings. The number of pyridine rings is 4. The molecule has 0 fully saturated rings. The number of fused-ring (bicyclic) bond motifs is 3. The molecule has 0 unspecified atom stereocenters. The van der Waals surface area contributed by atoms with Crippen molar-refractivity contribution in [2.45, 2.75) is 0 Å². The zero-order valence-electron chi connectivity index (χ0n) is 24.4. The number of aromatic nitrogens is 4. The molecule has 6 heteroatoms. The molecule has 8 aromatic rings. The van der Waals surface area contributed by atoms with Crippen LogP contribution in [0.25, 0.3) is 77.3 Å². The predicted molar refractivity (Wildman–Crippen MR) is 181 cm³/mol. The first-order valence-electron chi connectivity index (χ1n) is 14.7. The summed E-state index contributed by atoms with van der Waals surface area (Å²) in [6, 6.07) is 40.7. The van der Waals surface area contributed by atoms with Crippen molar-refractivity contribution in [2.24, 2.45) is 0 Å². The second kappa shape index (κ2) is 11.1. The Balaban J connectivity index is 1.36. The van der Waals surface area contributed by atoms with Crippen LogP contribution in [0.15, 0.2) is 134 Å². The molecule has 0 aliphatic heterocycles. The molecule has 0 bridgehead atoms. The van der Waals surface area contributed by atoms with E-state index in [1.807, 2.05) is 24.5 Å². The zero-order valence-corrected chi connectivity index (χ0v) is 24.4. The average molecular weight is 587 g/mol. The van der Waals surface area contributed by atoms with E-state index in [1.165, 1.54) is 0 Å². The Labute approximate surface area is 264 Å². The van der Waals surface area contributed by atoms with E-state index in [0.717, 1.165) is 54.6 Å². The first-order valence-corrected chi connectivity index (χ1v) is 14.7. The second-order valence-electron chi connectivity index (χ2n) is 11.0. The zero-order chi connectivity index (χ0) is 31.0. The summed E-state index contributed by atoms with van der Waals surface area (Å²) in [6.45, 7) is 0. The highest BCUT2D eigenvalue weighted by molar-refractivity contribution is 6.23. The minimum atomic E-state index is 0.546.